The zero-order valence-corrected chi connectivity index (χ0v) is 19.1. The van der Waals surface area contributed by atoms with E-state index in [0.29, 0.717) is 28.4 Å². The summed E-state index contributed by atoms with van der Waals surface area (Å²) in [6.45, 7) is 1.59. The molecular weight excluding hydrogens is 476 g/mol. The number of hydrogen-bond acceptors (Lipinski definition) is 6. The number of hydrogen-bond donors (Lipinski definition) is 1. The summed E-state index contributed by atoms with van der Waals surface area (Å²) in [4.78, 5) is 24.6. The maximum Gasteiger partial charge on any atom is 0.343 e. The van der Waals surface area contributed by atoms with E-state index >= 15 is 0 Å². The van der Waals surface area contributed by atoms with Gasteiger partial charge in [0.15, 0.2) is 18.1 Å². The van der Waals surface area contributed by atoms with Gasteiger partial charge in [-0.15, -0.1) is 0 Å². The van der Waals surface area contributed by atoms with Crippen LogP contribution in [0.5, 0.6) is 17.2 Å². The number of aryl methyl sites for hydroxylation is 1. The van der Waals surface area contributed by atoms with Crippen LogP contribution in [0.15, 0.2) is 76.3 Å². The van der Waals surface area contributed by atoms with Crippen molar-refractivity contribution in [2.45, 2.75) is 6.92 Å². The van der Waals surface area contributed by atoms with Crippen LogP contribution in [0.2, 0.25) is 0 Å². The molecule has 0 unspecified atom stereocenters. The molecule has 0 aliphatic rings. The van der Waals surface area contributed by atoms with E-state index in [1.165, 1.54) is 13.3 Å². The van der Waals surface area contributed by atoms with E-state index in [-0.39, 0.29) is 6.61 Å². The second kappa shape index (κ2) is 11.1. The Morgan fingerprint density at radius 2 is 1.72 bits per heavy atom. The normalized spacial score (nSPS) is 10.6. The third kappa shape index (κ3) is 6.18. The number of ether oxygens (including phenoxy) is 3. The molecule has 164 valence electrons. The van der Waals surface area contributed by atoms with Gasteiger partial charge in [0.1, 0.15) is 5.75 Å². The molecule has 3 aromatic carbocycles. The first-order valence-electron chi connectivity index (χ1n) is 9.63. The summed E-state index contributed by atoms with van der Waals surface area (Å²) < 4.78 is 17.0. The van der Waals surface area contributed by atoms with Gasteiger partial charge in [-0.05, 0) is 48.9 Å². The van der Waals surface area contributed by atoms with Crippen LogP contribution < -0.4 is 19.6 Å². The Kier molecular flexibility index (Phi) is 7.99. The molecule has 32 heavy (non-hydrogen) atoms. The quantitative estimate of drug-likeness (QED) is 0.214. The van der Waals surface area contributed by atoms with Crippen LogP contribution in [0, 0.1) is 6.92 Å². The summed E-state index contributed by atoms with van der Waals surface area (Å²) in [6.07, 6.45) is 1.40. The first-order chi connectivity index (χ1) is 15.5. The number of halogens is 1. The Balaban J connectivity index is 1.64. The number of rotatable bonds is 8. The minimum atomic E-state index is -0.477. The van der Waals surface area contributed by atoms with Gasteiger partial charge in [0, 0.05) is 10.0 Å². The molecule has 0 atom stereocenters. The largest absolute Gasteiger partial charge is 0.493 e. The smallest absolute Gasteiger partial charge is 0.343 e. The number of methoxy groups -OCH3 is 1. The van der Waals surface area contributed by atoms with Gasteiger partial charge >= 0.3 is 5.97 Å². The summed E-state index contributed by atoms with van der Waals surface area (Å²) >= 11 is 3.38. The van der Waals surface area contributed by atoms with Crippen LogP contribution in [-0.2, 0) is 4.79 Å². The SMILES string of the molecule is COc1ccccc1OCC(=O)N/N=C/c1cc(Br)ccc1OC(=O)c1ccccc1C. The summed E-state index contributed by atoms with van der Waals surface area (Å²) in [5, 5.41) is 3.95. The maximum atomic E-state index is 12.6. The molecule has 7 nitrogen and oxygen atoms in total. The van der Waals surface area contributed by atoms with E-state index in [0.717, 1.165) is 10.0 Å². The number of nitrogens with one attached hydrogen (secondary N) is 1. The molecule has 1 amide bonds. The third-order valence-electron chi connectivity index (χ3n) is 4.36. The standard InChI is InChI=1S/C24H21BrN2O5/c1-16-7-3-4-8-19(16)24(29)32-20-12-11-18(25)13-17(20)14-26-27-23(28)15-31-22-10-6-5-9-21(22)30-2/h3-14H,15H2,1-2H3,(H,27,28)/b26-14+. The minimum absolute atomic E-state index is 0.245. The van der Waals surface area contributed by atoms with Gasteiger partial charge in [-0.1, -0.05) is 46.3 Å². The molecule has 0 fully saturated rings. The van der Waals surface area contributed by atoms with Crippen molar-refractivity contribution in [1.82, 2.24) is 5.43 Å². The lowest BCUT2D eigenvalue weighted by Crippen LogP contribution is -2.24. The van der Waals surface area contributed by atoms with Gasteiger partial charge in [-0.25, -0.2) is 10.2 Å². The zero-order valence-electron chi connectivity index (χ0n) is 17.5. The fourth-order valence-corrected chi connectivity index (χ4v) is 3.14. The molecule has 0 radical (unpaired) electrons. The number of carbonyl (C=O) groups excluding carboxylic acids is 2. The lowest BCUT2D eigenvalue weighted by molar-refractivity contribution is -0.123. The number of benzene rings is 3. The number of nitrogens with zero attached hydrogens (tertiary/aromatic N) is 1. The molecule has 1 N–H and O–H groups in total. The first-order valence-corrected chi connectivity index (χ1v) is 10.4. The van der Waals surface area contributed by atoms with Gasteiger partial charge in [-0.3, -0.25) is 4.79 Å². The van der Waals surface area contributed by atoms with Crippen molar-refractivity contribution in [3.05, 3.63) is 87.9 Å². The van der Waals surface area contributed by atoms with E-state index in [9.17, 15) is 9.59 Å². The van der Waals surface area contributed by atoms with Crippen molar-refractivity contribution in [3.63, 3.8) is 0 Å². The number of carbonyl (C=O) groups is 2. The van der Waals surface area contributed by atoms with Crippen LogP contribution in [-0.4, -0.2) is 31.8 Å². The zero-order chi connectivity index (χ0) is 22.9. The van der Waals surface area contributed by atoms with Crippen molar-refractivity contribution in [1.29, 1.82) is 0 Å². The second-order valence-electron chi connectivity index (χ2n) is 6.62. The van der Waals surface area contributed by atoms with E-state index in [1.54, 1.807) is 54.6 Å². The summed E-state index contributed by atoms with van der Waals surface area (Å²) in [5.74, 6) is 0.351. The number of esters is 1. The second-order valence-corrected chi connectivity index (χ2v) is 7.53. The highest BCUT2D eigenvalue weighted by Crippen LogP contribution is 2.25. The average Bonchev–Trinajstić information content (AvgIpc) is 2.79. The van der Waals surface area contributed by atoms with Gasteiger partial charge in [0.25, 0.3) is 5.91 Å². The Bertz CT molecular complexity index is 1150. The number of amides is 1. The Labute approximate surface area is 194 Å². The summed E-state index contributed by atoms with van der Waals surface area (Å²) in [6, 6.07) is 19.3. The number of hydrazone groups is 1. The highest BCUT2D eigenvalue weighted by Gasteiger charge is 2.13. The van der Waals surface area contributed by atoms with Crippen molar-refractivity contribution in [2.75, 3.05) is 13.7 Å². The van der Waals surface area contributed by atoms with Crippen molar-refractivity contribution < 1.29 is 23.8 Å². The minimum Gasteiger partial charge on any atom is -0.493 e. The molecule has 0 saturated carbocycles. The van der Waals surface area contributed by atoms with Crippen LogP contribution in [0.3, 0.4) is 0 Å². The van der Waals surface area contributed by atoms with Crippen LogP contribution >= 0.6 is 15.9 Å². The molecule has 0 aliphatic carbocycles. The Hall–Kier alpha value is -3.65. The molecule has 8 heteroatoms. The van der Waals surface area contributed by atoms with Crippen molar-refractivity contribution in [2.24, 2.45) is 5.10 Å². The predicted octanol–water partition coefficient (Wildman–Crippen LogP) is 4.51. The topological polar surface area (TPSA) is 86.2 Å². The van der Waals surface area contributed by atoms with E-state index in [2.05, 4.69) is 26.5 Å². The molecule has 3 aromatic rings. The lowest BCUT2D eigenvalue weighted by atomic mass is 10.1. The molecule has 0 aromatic heterocycles. The number of para-hydroxylation sites is 2. The Morgan fingerprint density at radius 3 is 2.47 bits per heavy atom. The average molecular weight is 497 g/mol. The van der Waals surface area contributed by atoms with Crippen molar-refractivity contribution >= 4 is 34.0 Å². The van der Waals surface area contributed by atoms with Crippen LogP contribution in [0.25, 0.3) is 0 Å². The van der Waals surface area contributed by atoms with Gasteiger partial charge in [0.05, 0.1) is 18.9 Å². The Morgan fingerprint density at radius 1 is 1.00 bits per heavy atom. The van der Waals surface area contributed by atoms with E-state index in [4.69, 9.17) is 14.2 Å². The molecule has 3 rings (SSSR count). The van der Waals surface area contributed by atoms with Gasteiger partial charge in [0.2, 0.25) is 0 Å². The maximum absolute atomic E-state index is 12.6. The molecule has 0 saturated heterocycles. The molecule has 0 bridgehead atoms. The van der Waals surface area contributed by atoms with Gasteiger partial charge in [-0.2, -0.15) is 5.10 Å². The molecular formula is C24H21BrN2O5. The fraction of sp³-hybridized carbons (Fsp3) is 0.125. The monoisotopic (exact) mass is 496 g/mol. The highest BCUT2D eigenvalue weighted by atomic mass is 79.9. The highest BCUT2D eigenvalue weighted by molar-refractivity contribution is 9.10. The molecule has 0 spiro atoms. The summed E-state index contributed by atoms with van der Waals surface area (Å²) in [5.41, 5.74) is 4.18. The predicted molar refractivity (Wildman–Crippen MR) is 125 cm³/mol. The third-order valence-corrected chi connectivity index (χ3v) is 4.85. The van der Waals surface area contributed by atoms with Crippen LogP contribution in [0.4, 0.5) is 0 Å². The van der Waals surface area contributed by atoms with Gasteiger partial charge < -0.3 is 14.2 Å². The molecule has 0 aliphatic heterocycles. The summed E-state index contributed by atoms with van der Waals surface area (Å²) in [7, 11) is 1.52. The molecule has 0 heterocycles. The van der Waals surface area contributed by atoms with E-state index in [1.807, 2.05) is 19.1 Å². The first kappa shape index (κ1) is 23.0. The van der Waals surface area contributed by atoms with E-state index < -0.39 is 11.9 Å². The lowest BCUT2D eigenvalue weighted by Gasteiger charge is -2.10. The van der Waals surface area contributed by atoms with Crippen molar-refractivity contribution in [3.8, 4) is 17.2 Å². The fourth-order valence-electron chi connectivity index (χ4n) is 2.76. The van der Waals surface area contributed by atoms with Crippen LogP contribution in [0.1, 0.15) is 21.5 Å².